The first-order chi connectivity index (χ1) is 14.5. The van der Waals surface area contributed by atoms with Crippen molar-refractivity contribution in [3.05, 3.63) is 65.5 Å². The minimum absolute atomic E-state index is 0.0126. The summed E-state index contributed by atoms with van der Waals surface area (Å²) in [5, 5.41) is 13.0. The molecule has 0 fully saturated rings. The van der Waals surface area contributed by atoms with Crippen LogP contribution < -0.4 is 4.74 Å². The summed E-state index contributed by atoms with van der Waals surface area (Å²) in [5.41, 5.74) is 2.41. The molecule has 1 unspecified atom stereocenters. The van der Waals surface area contributed by atoms with Gasteiger partial charge < -0.3 is 14.2 Å². The van der Waals surface area contributed by atoms with E-state index in [9.17, 15) is 4.79 Å². The Bertz CT molecular complexity index is 1020. The van der Waals surface area contributed by atoms with E-state index < -0.39 is 0 Å². The van der Waals surface area contributed by atoms with E-state index in [0.717, 1.165) is 16.9 Å². The molecule has 0 bridgehead atoms. The highest BCUT2D eigenvalue weighted by atomic mass is 16.5. The Morgan fingerprint density at radius 2 is 1.90 bits per heavy atom. The molecular formula is C23H24N4O3. The fourth-order valence-corrected chi connectivity index (χ4v) is 3.25. The lowest BCUT2D eigenvalue weighted by Crippen LogP contribution is -2.33. The molecule has 7 heteroatoms. The zero-order valence-electron chi connectivity index (χ0n) is 17.3. The number of rotatable bonds is 8. The molecule has 1 aromatic heterocycles. The van der Waals surface area contributed by atoms with Gasteiger partial charge in [0.05, 0.1) is 24.8 Å². The second-order valence-electron chi connectivity index (χ2n) is 6.83. The Hall–Kier alpha value is -3.66. The van der Waals surface area contributed by atoms with Crippen molar-refractivity contribution in [2.24, 2.45) is 0 Å². The molecule has 2 aromatic carbocycles. The van der Waals surface area contributed by atoms with Crippen LogP contribution in [0.4, 0.5) is 0 Å². The van der Waals surface area contributed by atoms with Gasteiger partial charge in [-0.15, -0.1) is 0 Å². The van der Waals surface area contributed by atoms with E-state index >= 15 is 0 Å². The molecule has 3 rings (SSSR count). The Kier molecular flexibility index (Phi) is 6.81. The van der Waals surface area contributed by atoms with E-state index in [2.05, 4.69) is 16.2 Å². The third kappa shape index (κ3) is 4.84. The topological polar surface area (TPSA) is 92.2 Å². The molecule has 154 valence electrons. The number of hydrogen-bond donors (Lipinski definition) is 0. The van der Waals surface area contributed by atoms with Crippen LogP contribution in [-0.2, 0) is 11.2 Å². The van der Waals surface area contributed by atoms with Crippen molar-refractivity contribution < 1.29 is 14.1 Å². The lowest BCUT2D eigenvalue weighted by atomic mass is 10.0. The molecule has 0 N–H and O–H groups in total. The number of methoxy groups -OCH3 is 1. The Morgan fingerprint density at radius 1 is 1.20 bits per heavy atom. The summed E-state index contributed by atoms with van der Waals surface area (Å²) >= 11 is 0. The lowest BCUT2D eigenvalue weighted by molar-refractivity contribution is -0.133. The normalized spacial score (nSPS) is 11.5. The maximum absolute atomic E-state index is 12.8. The number of aryl methyl sites for hydroxylation is 1. The van der Waals surface area contributed by atoms with Gasteiger partial charge in [-0.1, -0.05) is 17.3 Å². The second kappa shape index (κ2) is 9.70. The van der Waals surface area contributed by atoms with Crippen LogP contribution >= 0.6 is 0 Å². The largest absolute Gasteiger partial charge is 0.497 e. The van der Waals surface area contributed by atoms with Crippen LogP contribution in [0.3, 0.4) is 0 Å². The molecule has 3 aromatic rings. The molecular weight excluding hydrogens is 380 g/mol. The standard InChI is InChI=1S/C23H24N4O3/c1-4-27(16(2)18-7-5-17(15-24)6-8-18)22(28)14-13-21-25-23(26-30-21)19-9-11-20(29-3)12-10-19/h5-12,16H,4,13-14H2,1-3H3. The molecule has 30 heavy (non-hydrogen) atoms. The zero-order chi connectivity index (χ0) is 21.5. The van der Waals surface area contributed by atoms with Crippen molar-refractivity contribution >= 4 is 5.91 Å². The molecule has 1 heterocycles. The number of aromatic nitrogens is 2. The van der Waals surface area contributed by atoms with Gasteiger partial charge in [-0.25, -0.2) is 0 Å². The van der Waals surface area contributed by atoms with Gasteiger partial charge in [0.15, 0.2) is 0 Å². The summed E-state index contributed by atoms with van der Waals surface area (Å²) in [6, 6.07) is 16.7. The maximum atomic E-state index is 12.8. The van der Waals surface area contributed by atoms with Crippen LogP contribution in [0.15, 0.2) is 53.1 Å². The number of ether oxygens (including phenoxy) is 1. The second-order valence-corrected chi connectivity index (χ2v) is 6.83. The fourth-order valence-electron chi connectivity index (χ4n) is 3.25. The molecule has 7 nitrogen and oxygen atoms in total. The highest BCUT2D eigenvalue weighted by molar-refractivity contribution is 5.76. The first kappa shape index (κ1) is 21.1. The monoisotopic (exact) mass is 404 g/mol. The van der Waals surface area contributed by atoms with Crippen LogP contribution in [-0.4, -0.2) is 34.6 Å². The Labute approximate surface area is 175 Å². The summed E-state index contributed by atoms with van der Waals surface area (Å²) in [6.45, 7) is 4.52. The molecule has 0 saturated carbocycles. The first-order valence-electron chi connectivity index (χ1n) is 9.82. The van der Waals surface area contributed by atoms with Crippen molar-refractivity contribution in [3.8, 4) is 23.2 Å². The SMILES string of the molecule is CCN(C(=O)CCc1nc(-c2ccc(OC)cc2)no1)C(C)c1ccc(C#N)cc1. The molecule has 0 radical (unpaired) electrons. The van der Waals surface area contributed by atoms with Crippen LogP contribution in [0, 0.1) is 11.3 Å². The fraction of sp³-hybridized carbons (Fsp3) is 0.304. The molecule has 1 atom stereocenters. The molecule has 0 aliphatic rings. The van der Waals surface area contributed by atoms with Gasteiger partial charge in [0.2, 0.25) is 17.6 Å². The van der Waals surface area contributed by atoms with E-state index in [0.29, 0.717) is 30.2 Å². The quantitative estimate of drug-likeness (QED) is 0.560. The number of nitriles is 1. The predicted octanol–water partition coefficient (Wildman–Crippen LogP) is 4.16. The highest BCUT2D eigenvalue weighted by Crippen LogP contribution is 2.23. The molecule has 1 amide bonds. The summed E-state index contributed by atoms with van der Waals surface area (Å²) < 4.78 is 10.5. The van der Waals surface area contributed by atoms with Gasteiger partial charge in [-0.05, 0) is 55.8 Å². The molecule has 0 aliphatic carbocycles. The van der Waals surface area contributed by atoms with Crippen LogP contribution in [0.2, 0.25) is 0 Å². The van der Waals surface area contributed by atoms with Gasteiger partial charge in [0.25, 0.3) is 0 Å². The number of benzene rings is 2. The number of carbonyl (C=O) groups excluding carboxylic acids is 1. The number of carbonyl (C=O) groups is 1. The van der Waals surface area contributed by atoms with Crippen molar-refractivity contribution in [2.45, 2.75) is 32.7 Å². The maximum Gasteiger partial charge on any atom is 0.227 e. The van der Waals surface area contributed by atoms with Gasteiger partial charge in [-0.3, -0.25) is 4.79 Å². The zero-order valence-corrected chi connectivity index (χ0v) is 17.3. The van der Waals surface area contributed by atoms with E-state index in [1.807, 2.05) is 55.1 Å². The van der Waals surface area contributed by atoms with Crippen molar-refractivity contribution in [2.75, 3.05) is 13.7 Å². The molecule has 0 aliphatic heterocycles. The minimum atomic E-state index is -0.0900. The summed E-state index contributed by atoms with van der Waals surface area (Å²) in [5.74, 6) is 1.68. The average molecular weight is 404 g/mol. The molecule has 0 spiro atoms. The Balaban J connectivity index is 1.62. The summed E-state index contributed by atoms with van der Waals surface area (Å²) in [4.78, 5) is 19.0. The Morgan fingerprint density at radius 3 is 2.50 bits per heavy atom. The van der Waals surface area contributed by atoms with E-state index in [4.69, 9.17) is 14.5 Å². The van der Waals surface area contributed by atoms with Crippen molar-refractivity contribution in [3.63, 3.8) is 0 Å². The van der Waals surface area contributed by atoms with Crippen molar-refractivity contribution in [1.82, 2.24) is 15.0 Å². The van der Waals surface area contributed by atoms with Gasteiger partial charge >= 0.3 is 0 Å². The first-order valence-corrected chi connectivity index (χ1v) is 9.82. The van der Waals surface area contributed by atoms with Crippen molar-refractivity contribution in [1.29, 1.82) is 5.26 Å². The summed E-state index contributed by atoms with van der Waals surface area (Å²) in [6.07, 6.45) is 0.650. The third-order valence-corrected chi connectivity index (χ3v) is 5.02. The minimum Gasteiger partial charge on any atom is -0.497 e. The van der Waals surface area contributed by atoms with Gasteiger partial charge in [0.1, 0.15) is 5.75 Å². The van der Waals surface area contributed by atoms with E-state index in [1.54, 1.807) is 19.2 Å². The van der Waals surface area contributed by atoms with E-state index in [-0.39, 0.29) is 18.4 Å². The summed E-state index contributed by atoms with van der Waals surface area (Å²) in [7, 11) is 1.61. The van der Waals surface area contributed by atoms with Gasteiger partial charge in [-0.2, -0.15) is 10.2 Å². The molecule has 0 saturated heterocycles. The average Bonchev–Trinajstić information content (AvgIpc) is 3.27. The smallest absolute Gasteiger partial charge is 0.227 e. The van der Waals surface area contributed by atoms with Crippen LogP contribution in [0.5, 0.6) is 5.75 Å². The number of nitrogens with zero attached hydrogens (tertiary/aromatic N) is 4. The number of amides is 1. The third-order valence-electron chi connectivity index (χ3n) is 5.02. The van der Waals surface area contributed by atoms with Crippen LogP contribution in [0.25, 0.3) is 11.4 Å². The number of hydrogen-bond acceptors (Lipinski definition) is 6. The predicted molar refractivity (Wildman–Crippen MR) is 112 cm³/mol. The van der Waals surface area contributed by atoms with Crippen LogP contribution in [0.1, 0.15) is 43.3 Å². The lowest BCUT2D eigenvalue weighted by Gasteiger charge is -2.28. The van der Waals surface area contributed by atoms with Gasteiger partial charge in [0, 0.05) is 24.9 Å². The van der Waals surface area contributed by atoms with E-state index in [1.165, 1.54) is 0 Å². The highest BCUT2D eigenvalue weighted by Gasteiger charge is 2.21.